The Morgan fingerprint density at radius 1 is 0.312 bits per heavy atom. The molecule has 0 rings (SSSR count). The molecular formula is C58H106O6. The molecule has 0 heterocycles. The fourth-order valence-electron chi connectivity index (χ4n) is 8.16. The fourth-order valence-corrected chi connectivity index (χ4v) is 8.16. The van der Waals surface area contributed by atoms with Crippen molar-refractivity contribution in [2.45, 2.75) is 303 Å². The predicted molar refractivity (Wildman–Crippen MR) is 275 cm³/mol. The molecule has 0 aromatic carbocycles. The van der Waals surface area contributed by atoms with Gasteiger partial charge in [-0.25, -0.2) is 0 Å². The Morgan fingerprint density at radius 2 is 0.562 bits per heavy atom. The summed E-state index contributed by atoms with van der Waals surface area (Å²) < 4.78 is 16.6. The van der Waals surface area contributed by atoms with Gasteiger partial charge in [0.25, 0.3) is 0 Å². The van der Waals surface area contributed by atoms with Crippen molar-refractivity contribution in [3.05, 3.63) is 36.5 Å². The molecule has 1 atom stereocenters. The maximum absolute atomic E-state index is 12.6. The second-order valence-electron chi connectivity index (χ2n) is 18.9. The lowest BCUT2D eigenvalue weighted by Gasteiger charge is -2.18. The number of allylic oxidation sites excluding steroid dienone is 6. The molecule has 0 aliphatic rings. The summed E-state index contributed by atoms with van der Waals surface area (Å²) in [5.74, 6) is -0.877. The highest BCUT2D eigenvalue weighted by molar-refractivity contribution is 5.71. The Labute approximate surface area is 397 Å². The van der Waals surface area contributed by atoms with Crippen LogP contribution >= 0.6 is 0 Å². The van der Waals surface area contributed by atoms with E-state index in [1.54, 1.807) is 0 Å². The van der Waals surface area contributed by atoms with Gasteiger partial charge < -0.3 is 14.2 Å². The van der Waals surface area contributed by atoms with E-state index in [4.69, 9.17) is 14.2 Å². The molecule has 0 aromatic rings. The summed E-state index contributed by atoms with van der Waals surface area (Å²) in [6.45, 7) is 6.53. The molecule has 0 fully saturated rings. The van der Waals surface area contributed by atoms with Crippen molar-refractivity contribution < 1.29 is 28.6 Å². The molecule has 64 heavy (non-hydrogen) atoms. The average molecular weight is 899 g/mol. The summed E-state index contributed by atoms with van der Waals surface area (Å²) >= 11 is 0. The minimum atomic E-state index is -0.761. The van der Waals surface area contributed by atoms with Crippen LogP contribution in [0.15, 0.2) is 36.5 Å². The summed E-state index contributed by atoms with van der Waals surface area (Å²) in [4.78, 5) is 37.5. The number of rotatable bonds is 51. The standard InChI is InChI=1S/C58H106O6/c1-4-7-10-13-15-17-18-19-20-21-22-23-24-25-26-27-28-29-30-31-32-33-34-35-36-37-38-39-40-41-43-45-48-51-57(60)63-54-55(53-62-56(59)50-47-44-12-9-6-3)64-58(61)52-49-46-42-16-14-11-8-5-2/h18-19,21-22,24-25,55H,4-17,20,23,26-54H2,1-3H3/b19-18-,22-21-,25-24-. The van der Waals surface area contributed by atoms with Crippen LogP contribution in [0, 0.1) is 0 Å². The molecule has 6 heteroatoms. The number of carbonyl (C=O) groups excluding carboxylic acids is 3. The molecular weight excluding hydrogens is 793 g/mol. The average Bonchev–Trinajstić information content (AvgIpc) is 3.29. The highest BCUT2D eigenvalue weighted by Gasteiger charge is 2.19. The summed E-state index contributed by atoms with van der Waals surface area (Å²) in [6, 6.07) is 0. The normalized spacial score (nSPS) is 12.2. The molecule has 0 N–H and O–H groups in total. The lowest BCUT2D eigenvalue weighted by Crippen LogP contribution is -2.30. The molecule has 0 aliphatic heterocycles. The van der Waals surface area contributed by atoms with Gasteiger partial charge in [0.15, 0.2) is 6.10 Å². The molecule has 0 saturated carbocycles. The first-order chi connectivity index (χ1) is 31.5. The van der Waals surface area contributed by atoms with Crippen LogP contribution in [0.2, 0.25) is 0 Å². The van der Waals surface area contributed by atoms with Crippen LogP contribution in [0.4, 0.5) is 0 Å². The Balaban J connectivity index is 3.80. The third-order valence-electron chi connectivity index (χ3n) is 12.4. The molecule has 6 nitrogen and oxygen atoms in total. The highest BCUT2D eigenvalue weighted by Crippen LogP contribution is 2.16. The van der Waals surface area contributed by atoms with Gasteiger partial charge in [0, 0.05) is 19.3 Å². The first-order valence-electron chi connectivity index (χ1n) is 28.0. The summed E-state index contributed by atoms with van der Waals surface area (Å²) in [6.07, 6.45) is 63.6. The first-order valence-corrected chi connectivity index (χ1v) is 28.0. The molecule has 1 unspecified atom stereocenters. The Kier molecular flexibility index (Phi) is 51.3. The fraction of sp³-hybridized carbons (Fsp3) is 0.845. The van der Waals surface area contributed by atoms with E-state index >= 15 is 0 Å². The van der Waals surface area contributed by atoms with Crippen molar-refractivity contribution in [3.63, 3.8) is 0 Å². The molecule has 0 aliphatic carbocycles. The number of hydrogen-bond donors (Lipinski definition) is 0. The second-order valence-corrected chi connectivity index (χ2v) is 18.9. The largest absolute Gasteiger partial charge is 0.462 e. The van der Waals surface area contributed by atoms with E-state index in [0.29, 0.717) is 19.3 Å². The zero-order valence-corrected chi connectivity index (χ0v) is 42.8. The molecule has 0 radical (unpaired) electrons. The molecule has 0 saturated heterocycles. The van der Waals surface area contributed by atoms with Gasteiger partial charge in [0.2, 0.25) is 0 Å². The van der Waals surface area contributed by atoms with Crippen LogP contribution in [0.5, 0.6) is 0 Å². The smallest absolute Gasteiger partial charge is 0.306 e. The van der Waals surface area contributed by atoms with Gasteiger partial charge in [-0.1, -0.05) is 256 Å². The van der Waals surface area contributed by atoms with E-state index in [1.807, 2.05) is 0 Å². The summed E-state index contributed by atoms with van der Waals surface area (Å²) in [5, 5.41) is 0. The van der Waals surface area contributed by atoms with Crippen molar-refractivity contribution in [2.24, 2.45) is 0 Å². The van der Waals surface area contributed by atoms with Crippen molar-refractivity contribution in [3.8, 4) is 0 Å². The van der Waals surface area contributed by atoms with Gasteiger partial charge in [-0.15, -0.1) is 0 Å². The molecule has 0 amide bonds. The SMILES string of the molecule is CCCCCCC/C=C\C/C=C\C/C=C\CCCCCCCCCCCCCCCCCCCCC(=O)OCC(COC(=O)CCCCCCC)OC(=O)CCCCCCCCCC. The van der Waals surface area contributed by atoms with E-state index in [-0.39, 0.29) is 31.1 Å². The third kappa shape index (κ3) is 50.6. The van der Waals surface area contributed by atoms with Gasteiger partial charge in [-0.05, 0) is 57.8 Å². The minimum absolute atomic E-state index is 0.0681. The maximum Gasteiger partial charge on any atom is 0.306 e. The zero-order valence-electron chi connectivity index (χ0n) is 42.8. The van der Waals surface area contributed by atoms with E-state index in [0.717, 1.165) is 77.0 Å². The Hall–Kier alpha value is -2.37. The number of carbonyl (C=O) groups is 3. The topological polar surface area (TPSA) is 78.9 Å². The van der Waals surface area contributed by atoms with Gasteiger partial charge in [-0.2, -0.15) is 0 Å². The lowest BCUT2D eigenvalue weighted by molar-refractivity contribution is -0.167. The second kappa shape index (κ2) is 53.2. The van der Waals surface area contributed by atoms with Crippen LogP contribution in [-0.2, 0) is 28.6 Å². The van der Waals surface area contributed by atoms with E-state index in [9.17, 15) is 14.4 Å². The number of unbranched alkanes of at least 4 members (excludes halogenated alkanes) is 34. The van der Waals surface area contributed by atoms with Crippen LogP contribution < -0.4 is 0 Å². The summed E-state index contributed by atoms with van der Waals surface area (Å²) in [5.41, 5.74) is 0. The predicted octanol–water partition coefficient (Wildman–Crippen LogP) is 18.5. The maximum atomic E-state index is 12.6. The van der Waals surface area contributed by atoms with Crippen LogP contribution in [-0.4, -0.2) is 37.2 Å². The van der Waals surface area contributed by atoms with Crippen LogP contribution in [0.25, 0.3) is 0 Å². The van der Waals surface area contributed by atoms with Crippen molar-refractivity contribution in [2.75, 3.05) is 13.2 Å². The van der Waals surface area contributed by atoms with Gasteiger partial charge in [-0.3, -0.25) is 14.4 Å². The van der Waals surface area contributed by atoms with Crippen molar-refractivity contribution in [1.29, 1.82) is 0 Å². The van der Waals surface area contributed by atoms with Gasteiger partial charge >= 0.3 is 17.9 Å². The van der Waals surface area contributed by atoms with Gasteiger partial charge in [0.05, 0.1) is 0 Å². The monoisotopic (exact) mass is 899 g/mol. The van der Waals surface area contributed by atoms with Crippen molar-refractivity contribution >= 4 is 17.9 Å². The number of esters is 3. The minimum Gasteiger partial charge on any atom is -0.462 e. The third-order valence-corrected chi connectivity index (χ3v) is 12.4. The van der Waals surface area contributed by atoms with Crippen LogP contribution in [0.3, 0.4) is 0 Å². The molecule has 0 aromatic heterocycles. The quantitative estimate of drug-likeness (QED) is 0.0262. The number of hydrogen-bond acceptors (Lipinski definition) is 6. The van der Waals surface area contributed by atoms with E-state index in [2.05, 4.69) is 57.2 Å². The molecule has 374 valence electrons. The lowest BCUT2D eigenvalue weighted by atomic mass is 10.0. The highest BCUT2D eigenvalue weighted by atomic mass is 16.6. The van der Waals surface area contributed by atoms with Crippen molar-refractivity contribution in [1.82, 2.24) is 0 Å². The van der Waals surface area contributed by atoms with Gasteiger partial charge in [0.1, 0.15) is 13.2 Å². The first kappa shape index (κ1) is 61.6. The van der Waals surface area contributed by atoms with Crippen LogP contribution in [0.1, 0.15) is 297 Å². The Morgan fingerprint density at radius 3 is 0.875 bits per heavy atom. The molecule has 0 bridgehead atoms. The Bertz CT molecular complexity index is 1080. The summed E-state index contributed by atoms with van der Waals surface area (Å²) in [7, 11) is 0. The zero-order chi connectivity index (χ0) is 46.5. The van der Waals surface area contributed by atoms with E-state index in [1.165, 1.54) is 180 Å². The van der Waals surface area contributed by atoms with E-state index < -0.39 is 6.10 Å². The molecule has 0 spiro atoms. The number of ether oxygens (including phenoxy) is 3.